The van der Waals surface area contributed by atoms with E-state index < -0.39 is 0 Å². The Morgan fingerprint density at radius 3 is 2.53 bits per heavy atom. The van der Waals surface area contributed by atoms with Crippen molar-refractivity contribution in [3.63, 3.8) is 0 Å². The minimum atomic E-state index is 0.703. The molecule has 100 valence electrons. The van der Waals surface area contributed by atoms with Crippen molar-refractivity contribution in [3.8, 4) is 0 Å². The molecule has 0 aliphatic rings. The maximum Gasteiger partial charge on any atom is 0.193 e. The van der Waals surface area contributed by atoms with Crippen LogP contribution < -0.4 is 5.32 Å². The van der Waals surface area contributed by atoms with Crippen molar-refractivity contribution in [2.75, 3.05) is 11.9 Å². The molecule has 2 heterocycles. The molecule has 0 bridgehead atoms. The van der Waals surface area contributed by atoms with E-state index in [1.54, 1.807) is 18.5 Å². The van der Waals surface area contributed by atoms with Gasteiger partial charge in [-0.1, -0.05) is 6.92 Å². The van der Waals surface area contributed by atoms with Gasteiger partial charge in [-0.05, 0) is 31.7 Å². The van der Waals surface area contributed by atoms with Crippen molar-refractivity contribution in [3.05, 3.63) is 29.8 Å². The Kier molecular flexibility index (Phi) is 4.68. The predicted octanol–water partition coefficient (Wildman–Crippen LogP) is 2.72. The van der Waals surface area contributed by atoms with E-state index in [0.29, 0.717) is 5.16 Å². The molecule has 0 saturated heterocycles. The normalized spacial score (nSPS) is 10.5. The number of rotatable bonds is 5. The number of nitrogens with one attached hydrogen (secondary N) is 1. The Bertz CT molecular complexity index is 544. The topological polar surface area (TPSA) is 63.6 Å². The minimum absolute atomic E-state index is 0.703. The highest BCUT2D eigenvalue weighted by Gasteiger charge is 2.12. The zero-order chi connectivity index (χ0) is 13.7. The summed E-state index contributed by atoms with van der Waals surface area (Å²) in [6.45, 7) is 6.96. The van der Waals surface area contributed by atoms with Crippen molar-refractivity contribution in [1.29, 1.82) is 0 Å². The van der Waals surface area contributed by atoms with Gasteiger partial charge in [0.1, 0.15) is 16.7 Å². The Morgan fingerprint density at radius 1 is 1.16 bits per heavy atom. The molecule has 1 N–H and O–H groups in total. The maximum atomic E-state index is 4.56. The molecule has 0 saturated carbocycles. The number of aromatic nitrogens is 4. The summed E-state index contributed by atoms with van der Waals surface area (Å²) in [7, 11) is 0. The average Bonchev–Trinajstić information content (AvgIpc) is 2.44. The molecule has 2 aromatic rings. The van der Waals surface area contributed by atoms with E-state index in [1.165, 1.54) is 11.8 Å². The molecule has 0 aliphatic heterocycles. The number of anilines is 1. The summed E-state index contributed by atoms with van der Waals surface area (Å²) >= 11 is 1.47. The van der Waals surface area contributed by atoms with Crippen LogP contribution in [-0.2, 0) is 6.42 Å². The van der Waals surface area contributed by atoms with Crippen LogP contribution in [0.1, 0.15) is 25.2 Å². The van der Waals surface area contributed by atoms with Gasteiger partial charge in [0.25, 0.3) is 0 Å². The van der Waals surface area contributed by atoms with E-state index in [-0.39, 0.29) is 0 Å². The van der Waals surface area contributed by atoms with Crippen LogP contribution in [-0.4, -0.2) is 26.5 Å². The van der Waals surface area contributed by atoms with E-state index >= 15 is 0 Å². The molecule has 0 unspecified atom stereocenters. The highest BCUT2D eigenvalue weighted by atomic mass is 32.2. The predicted molar refractivity (Wildman–Crippen MR) is 76.5 cm³/mol. The summed E-state index contributed by atoms with van der Waals surface area (Å²) in [6.07, 6.45) is 4.28. The fraction of sp³-hybridized carbons (Fsp3) is 0.385. The van der Waals surface area contributed by atoms with Crippen molar-refractivity contribution in [2.24, 2.45) is 0 Å². The third kappa shape index (κ3) is 3.41. The van der Waals surface area contributed by atoms with Crippen LogP contribution in [0, 0.1) is 6.92 Å². The molecule has 19 heavy (non-hydrogen) atoms. The smallest absolute Gasteiger partial charge is 0.193 e. The molecule has 2 rings (SSSR count). The van der Waals surface area contributed by atoms with Crippen molar-refractivity contribution in [2.45, 2.75) is 37.4 Å². The van der Waals surface area contributed by atoms with Gasteiger partial charge in [0.15, 0.2) is 5.16 Å². The molecule has 5 nitrogen and oxygen atoms in total. The van der Waals surface area contributed by atoms with Crippen LogP contribution in [0.15, 0.2) is 28.6 Å². The Hall–Kier alpha value is -1.69. The molecule has 0 atom stereocenters. The fourth-order valence-corrected chi connectivity index (χ4v) is 2.36. The number of aryl methyl sites for hydroxylation is 1. The van der Waals surface area contributed by atoms with E-state index in [1.807, 2.05) is 13.8 Å². The summed E-state index contributed by atoms with van der Waals surface area (Å²) in [4.78, 5) is 17.5. The SMILES string of the molecule is CCNc1nc(CC)nc(Sc2ncccn2)c1C. The highest BCUT2D eigenvalue weighted by molar-refractivity contribution is 7.99. The number of hydrogen-bond acceptors (Lipinski definition) is 6. The third-order valence-corrected chi connectivity index (χ3v) is 3.52. The molecular weight excluding hydrogens is 258 g/mol. The number of hydrogen-bond donors (Lipinski definition) is 1. The van der Waals surface area contributed by atoms with Crippen molar-refractivity contribution in [1.82, 2.24) is 19.9 Å². The first-order valence-electron chi connectivity index (χ1n) is 6.30. The van der Waals surface area contributed by atoms with E-state index in [9.17, 15) is 0 Å². The Balaban J connectivity index is 2.35. The zero-order valence-corrected chi connectivity index (χ0v) is 12.2. The molecule has 0 spiro atoms. The van der Waals surface area contributed by atoms with Crippen LogP contribution in [0.5, 0.6) is 0 Å². The molecule has 0 radical (unpaired) electrons. The van der Waals surface area contributed by atoms with Crippen LogP contribution >= 0.6 is 11.8 Å². The first-order chi connectivity index (χ1) is 9.24. The first kappa shape index (κ1) is 13.7. The van der Waals surface area contributed by atoms with Crippen LogP contribution in [0.25, 0.3) is 0 Å². The maximum absolute atomic E-state index is 4.56. The standard InChI is InChI=1S/C13H17N5S/c1-4-10-17-11(14-5-2)9(3)12(18-10)19-13-15-7-6-8-16-13/h6-8H,4-5H2,1-3H3,(H,14,17,18). The van der Waals surface area contributed by atoms with Gasteiger partial charge >= 0.3 is 0 Å². The largest absolute Gasteiger partial charge is 0.370 e. The van der Waals surface area contributed by atoms with Gasteiger partial charge in [-0.2, -0.15) is 0 Å². The van der Waals surface area contributed by atoms with Gasteiger partial charge in [0.2, 0.25) is 0 Å². The van der Waals surface area contributed by atoms with E-state index in [0.717, 1.165) is 35.2 Å². The van der Waals surface area contributed by atoms with Gasteiger partial charge in [-0.25, -0.2) is 19.9 Å². The van der Waals surface area contributed by atoms with Crippen molar-refractivity contribution >= 4 is 17.6 Å². The first-order valence-corrected chi connectivity index (χ1v) is 7.12. The summed E-state index contributed by atoms with van der Waals surface area (Å²) in [5.41, 5.74) is 1.04. The lowest BCUT2D eigenvalue weighted by atomic mass is 10.3. The average molecular weight is 275 g/mol. The Labute approximate surface area is 117 Å². The van der Waals surface area contributed by atoms with Crippen LogP contribution in [0.3, 0.4) is 0 Å². The fourth-order valence-electron chi connectivity index (χ4n) is 1.56. The van der Waals surface area contributed by atoms with E-state index in [4.69, 9.17) is 0 Å². The summed E-state index contributed by atoms with van der Waals surface area (Å²) in [6, 6.07) is 1.80. The Morgan fingerprint density at radius 2 is 1.89 bits per heavy atom. The van der Waals surface area contributed by atoms with Crippen molar-refractivity contribution < 1.29 is 0 Å². The molecule has 0 amide bonds. The summed E-state index contributed by atoms with van der Waals surface area (Å²) in [5.74, 6) is 1.73. The quantitative estimate of drug-likeness (QED) is 0.668. The second-order valence-corrected chi connectivity index (χ2v) is 4.89. The highest BCUT2D eigenvalue weighted by Crippen LogP contribution is 2.28. The van der Waals surface area contributed by atoms with Gasteiger partial charge in [0.05, 0.1) is 0 Å². The minimum Gasteiger partial charge on any atom is -0.370 e. The van der Waals surface area contributed by atoms with Crippen LogP contribution in [0.2, 0.25) is 0 Å². The van der Waals surface area contributed by atoms with Crippen LogP contribution in [0.4, 0.5) is 5.82 Å². The molecular formula is C13H17N5S. The lowest BCUT2D eigenvalue weighted by Gasteiger charge is -2.11. The summed E-state index contributed by atoms with van der Waals surface area (Å²) in [5, 5.41) is 4.89. The molecule has 2 aromatic heterocycles. The zero-order valence-electron chi connectivity index (χ0n) is 11.3. The lowest BCUT2D eigenvalue weighted by molar-refractivity contribution is 0.865. The van der Waals surface area contributed by atoms with Gasteiger partial charge in [0, 0.05) is 30.9 Å². The third-order valence-electron chi connectivity index (χ3n) is 2.54. The lowest BCUT2D eigenvalue weighted by Crippen LogP contribution is -2.07. The van der Waals surface area contributed by atoms with Gasteiger partial charge in [-0.3, -0.25) is 0 Å². The monoisotopic (exact) mass is 275 g/mol. The summed E-state index contributed by atoms with van der Waals surface area (Å²) < 4.78 is 0. The van der Waals surface area contributed by atoms with E-state index in [2.05, 4.69) is 32.2 Å². The second kappa shape index (κ2) is 6.47. The van der Waals surface area contributed by atoms with Gasteiger partial charge < -0.3 is 5.32 Å². The van der Waals surface area contributed by atoms with Gasteiger partial charge in [-0.15, -0.1) is 0 Å². The molecule has 0 fully saturated rings. The molecule has 0 aliphatic carbocycles. The molecule has 0 aromatic carbocycles. The second-order valence-electron chi connectivity index (χ2n) is 3.94. The molecule has 6 heteroatoms. The number of nitrogens with zero attached hydrogens (tertiary/aromatic N) is 4.